The van der Waals surface area contributed by atoms with E-state index in [9.17, 15) is 18.5 Å². The van der Waals surface area contributed by atoms with Crippen molar-refractivity contribution in [2.75, 3.05) is 10.8 Å². The maximum Gasteiger partial charge on any atom is 0.293 e. The van der Waals surface area contributed by atoms with E-state index in [4.69, 9.17) is 11.6 Å². The van der Waals surface area contributed by atoms with E-state index in [1.165, 1.54) is 18.2 Å². The number of sulfonamides is 1. The fourth-order valence-corrected chi connectivity index (χ4v) is 3.81. The van der Waals surface area contributed by atoms with Gasteiger partial charge in [0.05, 0.1) is 17.2 Å². The molecule has 96 valence electrons. The van der Waals surface area contributed by atoms with Crippen LogP contribution >= 0.6 is 11.6 Å². The molecule has 0 saturated carbocycles. The molecule has 1 aromatic carbocycles. The van der Waals surface area contributed by atoms with Crippen LogP contribution in [0.5, 0.6) is 0 Å². The minimum Gasteiger partial charge on any atom is -0.259 e. The quantitative estimate of drug-likeness (QED) is 0.484. The SMILES string of the molecule is C=CCN1c2c([N+](=O)[O-])ccc(Cl)c2CS1(=O)=O. The summed E-state index contributed by atoms with van der Waals surface area (Å²) in [6.45, 7) is 3.43. The molecule has 0 atom stereocenters. The number of nitro benzene ring substituents is 1. The molecule has 1 aliphatic heterocycles. The first-order valence-corrected chi connectivity index (χ1v) is 6.94. The highest BCUT2D eigenvalue weighted by molar-refractivity contribution is 7.92. The summed E-state index contributed by atoms with van der Waals surface area (Å²) in [5.41, 5.74) is 0.0532. The Labute approximate surface area is 109 Å². The Kier molecular flexibility index (Phi) is 3.04. The number of benzene rings is 1. The summed E-state index contributed by atoms with van der Waals surface area (Å²) in [4.78, 5) is 10.3. The van der Waals surface area contributed by atoms with Gasteiger partial charge in [0, 0.05) is 16.7 Å². The molecule has 0 aromatic heterocycles. The number of fused-ring (bicyclic) bond motifs is 1. The molecule has 0 N–H and O–H groups in total. The fourth-order valence-electron chi connectivity index (χ4n) is 1.88. The van der Waals surface area contributed by atoms with Crippen LogP contribution in [0.2, 0.25) is 5.02 Å². The number of nitro groups is 1. The predicted octanol–water partition coefficient (Wildman–Crippen LogP) is 2.08. The summed E-state index contributed by atoms with van der Waals surface area (Å²) < 4.78 is 24.8. The van der Waals surface area contributed by atoms with Gasteiger partial charge in [-0.1, -0.05) is 17.7 Å². The van der Waals surface area contributed by atoms with Gasteiger partial charge in [-0.2, -0.15) is 0 Å². The van der Waals surface area contributed by atoms with Gasteiger partial charge in [-0.25, -0.2) is 8.42 Å². The molecule has 8 heteroatoms. The predicted molar refractivity (Wildman–Crippen MR) is 68.3 cm³/mol. The number of anilines is 1. The highest BCUT2D eigenvalue weighted by Gasteiger charge is 2.39. The Morgan fingerprint density at radius 2 is 2.22 bits per heavy atom. The first-order valence-electron chi connectivity index (χ1n) is 4.95. The number of rotatable bonds is 3. The summed E-state index contributed by atoms with van der Waals surface area (Å²) >= 11 is 5.90. The van der Waals surface area contributed by atoms with Crippen LogP contribution < -0.4 is 4.31 Å². The third-order valence-electron chi connectivity index (χ3n) is 2.61. The first kappa shape index (κ1) is 12.8. The van der Waals surface area contributed by atoms with Crippen molar-refractivity contribution < 1.29 is 13.3 Å². The van der Waals surface area contributed by atoms with Crippen molar-refractivity contribution in [3.05, 3.63) is 45.5 Å². The molecule has 18 heavy (non-hydrogen) atoms. The van der Waals surface area contributed by atoms with Gasteiger partial charge in [0.15, 0.2) is 0 Å². The molecular weight excluding hydrogens is 280 g/mol. The minimum atomic E-state index is -3.61. The molecule has 0 aliphatic carbocycles. The highest BCUT2D eigenvalue weighted by atomic mass is 35.5. The van der Waals surface area contributed by atoms with Crippen molar-refractivity contribution in [1.29, 1.82) is 0 Å². The van der Waals surface area contributed by atoms with E-state index in [1.807, 2.05) is 0 Å². The lowest BCUT2D eigenvalue weighted by molar-refractivity contribution is -0.384. The zero-order valence-corrected chi connectivity index (χ0v) is 10.7. The zero-order valence-electron chi connectivity index (χ0n) is 9.17. The van der Waals surface area contributed by atoms with Crippen LogP contribution in [0.25, 0.3) is 0 Å². The molecule has 2 rings (SSSR count). The maximum atomic E-state index is 11.9. The molecule has 0 amide bonds. The van der Waals surface area contributed by atoms with Gasteiger partial charge < -0.3 is 0 Å². The van der Waals surface area contributed by atoms with Crippen molar-refractivity contribution in [1.82, 2.24) is 0 Å². The molecule has 1 aliphatic rings. The van der Waals surface area contributed by atoms with Crippen LogP contribution in [0.4, 0.5) is 11.4 Å². The largest absolute Gasteiger partial charge is 0.293 e. The lowest BCUT2D eigenvalue weighted by Gasteiger charge is -2.15. The summed E-state index contributed by atoms with van der Waals surface area (Å²) in [5.74, 6) is -0.323. The van der Waals surface area contributed by atoms with Crippen molar-refractivity contribution in [3.8, 4) is 0 Å². The van der Waals surface area contributed by atoms with Gasteiger partial charge in [0.2, 0.25) is 10.0 Å². The van der Waals surface area contributed by atoms with Crippen molar-refractivity contribution >= 4 is 33.0 Å². The summed E-state index contributed by atoms with van der Waals surface area (Å²) in [6, 6.07) is 2.55. The smallest absolute Gasteiger partial charge is 0.259 e. The monoisotopic (exact) mass is 288 g/mol. The molecule has 0 radical (unpaired) electrons. The van der Waals surface area contributed by atoms with E-state index in [0.29, 0.717) is 0 Å². The number of nitrogens with zero attached hydrogens (tertiary/aromatic N) is 2. The molecule has 6 nitrogen and oxygen atoms in total. The summed E-state index contributed by atoms with van der Waals surface area (Å²) in [7, 11) is -3.61. The van der Waals surface area contributed by atoms with Gasteiger partial charge in [-0.3, -0.25) is 14.4 Å². The van der Waals surface area contributed by atoms with Crippen LogP contribution in [0.3, 0.4) is 0 Å². The third-order valence-corrected chi connectivity index (χ3v) is 4.62. The third kappa shape index (κ3) is 1.85. The van der Waals surface area contributed by atoms with E-state index in [1.54, 1.807) is 0 Å². The Morgan fingerprint density at radius 3 is 2.78 bits per heavy atom. The molecule has 1 heterocycles. The Hall–Kier alpha value is -1.60. The van der Waals surface area contributed by atoms with Crippen LogP contribution in [0, 0.1) is 10.1 Å². The van der Waals surface area contributed by atoms with E-state index in [0.717, 1.165) is 4.31 Å². The minimum absolute atomic E-state index is 0.0173. The van der Waals surface area contributed by atoms with Gasteiger partial charge in [0.25, 0.3) is 5.69 Å². The van der Waals surface area contributed by atoms with Crippen molar-refractivity contribution in [2.24, 2.45) is 0 Å². The average Bonchev–Trinajstić information content (AvgIpc) is 2.53. The van der Waals surface area contributed by atoms with E-state index in [-0.39, 0.29) is 34.3 Å². The van der Waals surface area contributed by atoms with E-state index < -0.39 is 14.9 Å². The second-order valence-corrected chi connectivity index (χ2v) is 6.03. The number of hydrogen-bond donors (Lipinski definition) is 0. The van der Waals surface area contributed by atoms with Gasteiger partial charge in [-0.05, 0) is 6.07 Å². The second-order valence-electron chi connectivity index (χ2n) is 3.73. The molecule has 0 bridgehead atoms. The standard InChI is InChI=1S/C10H9ClN2O4S/c1-2-5-12-10-7(6-18(12,16)17)8(11)3-4-9(10)13(14)15/h2-4H,1,5-6H2. The molecule has 0 unspecified atom stereocenters. The Balaban J connectivity index is 2.74. The number of halogens is 1. The molecule has 0 saturated heterocycles. The van der Waals surface area contributed by atoms with Crippen molar-refractivity contribution in [2.45, 2.75) is 5.75 Å². The van der Waals surface area contributed by atoms with E-state index in [2.05, 4.69) is 6.58 Å². The van der Waals surface area contributed by atoms with Crippen molar-refractivity contribution in [3.63, 3.8) is 0 Å². The average molecular weight is 289 g/mol. The normalized spacial score (nSPS) is 16.4. The lowest BCUT2D eigenvalue weighted by atomic mass is 10.1. The lowest BCUT2D eigenvalue weighted by Crippen LogP contribution is -2.27. The Morgan fingerprint density at radius 1 is 1.56 bits per heavy atom. The summed E-state index contributed by atoms with van der Waals surface area (Å²) in [6.07, 6.45) is 1.37. The zero-order chi connectivity index (χ0) is 13.5. The highest BCUT2D eigenvalue weighted by Crippen LogP contribution is 2.44. The molecule has 1 aromatic rings. The van der Waals surface area contributed by atoms with Gasteiger partial charge in [0.1, 0.15) is 5.69 Å². The number of hydrogen-bond acceptors (Lipinski definition) is 4. The molecule has 0 fully saturated rings. The second kappa shape index (κ2) is 4.25. The van der Waals surface area contributed by atoms with Gasteiger partial charge in [-0.15, -0.1) is 6.58 Å². The molecule has 0 spiro atoms. The first-order chi connectivity index (χ1) is 8.38. The van der Waals surface area contributed by atoms with Gasteiger partial charge >= 0.3 is 0 Å². The Bertz CT molecular complexity index is 642. The van der Waals surface area contributed by atoms with Crippen LogP contribution in [-0.2, 0) is 15.8 Å². The fraction of sp³-hybridized carbons (Fsp3) is 0.200. The maximum absolute atomic E-state index is 11.9. The van der Waals surface area contributed by atoms with Crippen LogP contribution in [0.15, 0.2) is 24.8 Å². The van der Waals surface area contributed by atoms with Crippen LogP contribution in [-0.4, -0.2) is 19.9 Å². The van der Waals surface area contributed by atoms with E-state index >= 15 is 0 Å². The summed E-state index contributed by atoms with van der Waals surface area (Å²) in [5, 5.41) is 11.2. The molecular formula is C10H9ClN2O4S. The van der Waals surface area contributed by atoms with Crippen LogP contribution in [0.1, 0.15) is 5.56 Å². The topological polar surface area (TPSA) is 80.5 Å².